The molecule has 0 amide bonds. The van der Waals surface area contributed by atoms with Gasteiger partial charge in [0.05, 0.1) is 0 Å². The summed E-state index contributed by atoms with van der Waals surface area (Å²) in [6, 6.07) is 3.08. The SMILES string of the molecule is CC1CCCN(S(=O)(=O)c2ccc(NN)nc2)C1. The van der Waals surface area contributed by atoms with Crippen molar-refractivity contribution in [2.24, 2.45) is 11.8 Å². The maximum atomic E-state index is 12.4. The summed E-state index contributed by atoms with van der Waals surface area (Å²) in [6.07, 6.45) is 3.33. The number of nitrogens with two attached hydrogens (primary N) is 1. The van der Waals surface area contributed by atoms with Gasteiger partial charge in [0.15, 0.2) is 0 Å². The van der Waals surface area contributed by atoms with Gasteiger partial charge >= 0.3 is 0 Å². The highest BCUT2D eigenvalue weighted by molar-refractivity contribution is 7.89. The fraction of sp³-hybridized carbons (Fsp3) is 0.545. The van der Waals surface area contributed by atoms with Crippen LogP contribution in [0.15, 0.2) is 23.2 Å². The second-order valence-corrected chi connectivity index (χ2v) is 6.57. The Kier molecular flexibility index (Phi) is 3.84. The summed E-state index contributed by atoms with van der Waals surface area (Å²) in [5, 5.41) is 0. The lowest BCUT2D eigenvalue weighted by molar-refractivity contribution is 0.281. The molecule has 1 fully saturated rings. The van der Waals surface area contributed by atoms with Crippen molar-refractivity contribution in [2.45, 2.75) is 24.7 Å². The fourth-order valence-electron chi connectivity index (χ4n) is 2.13. The molecule has 1 aromatic rings. The zero-order chi connectivity index (χ0) is 13.2. The maximum absolute atomic E-state index is 12.4. The Balaban J connectivity index is 2.23. The Bertz CT molecular complexity index is 500. The first-order chi connectivity index (χ1) is 8.54. The molecule has 0 saturated carbocycles. The molecule has 6 nitrogen and oxygen atoms in total. The average molecular weight is 270 g/mol. The van der Waals surface area contributed by atoms with Gasteiger partial charge < -0.3 is 5.43 Å². The number of rotatable bonds is 3. The molecule has 1 aromatic heterocycles. The number of aromatic nitrogens is 1. The van der Waals surface area contributed by atoms with Gasteiger partial charge in [-0.2, -0.15) is 4.31 Å². The minimum Gasteiger partial charge on any atom is -0.308 e. The Morgan fingerprint density at radius 3 is 2.83 bits per heavy atom. The number of nitrogens with zero attached hydrogens (tertiary/aromatic N) is 2. The molecule has 1 aliphatic rings. The highest BCUT2D eigenvalue weighted by atomic mass is 32.2. The molecule has 1 saturated heterocycles. The van der Waals surface area contributed by atoms with Gasteiger partial charge in [-0.25, -0.2) is 19.2 Å². The van der Waals surface area contributed by atoms with Crippen molar-refractivity contribution < 1.29 is 8.42 Å². The molecule has 100 valence electrons. The smallest absolute Gasteiger partial charge is 0.244 e. The third kappa shape index (κ3) is 2.63. The molecule has 0 aromatic carbocycles. The molecule has 0 bridgehead atoms. The van der Waals surface area contributed by atoms with Gasteiger partial charge in [0.2, 0.25) is 10.0 Å². The van der Waals surface area contributed by atoms with Crippen molar-refractivity contribution in [2.75, 3.05) is 18.5 Å². The van der Waals surface area contributed by atoms with E-state index in [9.17, 15) is 8.42 Å². The summed E-state index contributed by atoms with van der Waals surface area (Å²) in [7, 11) is -3.42. The Morgan fingerprint density at radius 1 is 1.50 bits per heavy atom. The van der Waals surface area contributed by atoms with E-state index in [1.165, 1.54) is 16.6 Å². The lowest BCUT2D eigenvalue weighted by Crippen LogP contribution is -2.39. The van der Waals surface area contributed by atoms with Gasteiger partial charge in [0, 0.05) is 19.3 Å². The lowest BCUT2D eigenvalue weighted by atomic mass is 10.0. The summed E-state index contributed by atoms with van der Waals surface area (Å²) in [5.41, 5.74) is 2.37. The third-order valence-electron chi connectivity index (χ3n) is 3.14. The Morgan fingerprint density at radius 2 is 2.28 bits per heavy atom. The molecule has 0 spiro atoms. The van der Waals surface area contributed by atoms with E-state index >= 15 is 0 Å². The van der Waals surface area contributed by atoms with Crippen molar-refractivity contribution in [3.63, 3.8) is 0 Å². The van der Waals surface area contributed by atoms with E-state index in [1.54, 1.807) is 6.07 Å². The predicted molar refractivity (Wildman–Crippen MR) is 69.2 cm³/mol. The van der Waals surface area contributed by atoms with Crippen LogP contribution in [0.25, 0.3) is 0 Å². The monoisotopic (exact) mass is 270 g/mol. The van der Waals surface area contributed by atoms with Crippen molar-refractivity contribution in [1.82, 2.24) is 9.29 Å². The van der Waals surface area contributed by atoms with E-state index in [4.69, 9.17) is 5.84 Å². The lowest BCUT2D eigenvalue weighted by Gasteiger charge is -2.29. The number of hydrazine groups is 1. The number of nitrogens with one attached hydrogen (secondary N) is 1. The minimum atomic E-state index is -3.42. The van der Waals surface area contributed by atoms with Crippen LogP contribution >= 0.6 is 0 Å². The molecular weight excluding hydrogens is 252 g/mol. The number of anilines is 1. The van der Waals surface area contributed by atoms with E-state index in [-0.39, 0.29) is 4.90 Å². The quantitative estimate of drug-likeness (QED) is 0.626. The van der Waals surface area contributed by atoms with Crippen LogP contribution in [-0.2, 0) is 10.0 Å². The fourth-order valence-corrected chi connectivity index (χ4v) is 3.68. The van der Waals surface area contributed by atoms with Crippen molar-refractivity contribution >= 4 is 15.8 Å². The predicted octanol–water partition coefficient (Wildman–Crippen LogP) is 0.788. The number of hydrogen-bond acceptors (Lipinski definition) is 5. The van der Waals surface area contributed by atoms with Gasteiger partial charge in [-0.15, -0.1) is 0 Å². The van der Waals surface area contributed by atoms with Crippen LogP contribution in [0, 0.1) is 5.92 Å². The standard InChI is InChI=1S/C11H18N4O2S/c1-9-3-2-6-15(8-9)18(16,17)10-4-5-11(14-12)13-7-10/h4-5,7,9H,2-3,6,8,12H2,1H3,(H,13,14). The van der Waals surface area contributed by atoms with Crippen LogP contribution < -0.4 is 11.3 Å². The summed E-state index contributed by atoms with van der Waals surface area (Å²) in [6.45, 7) is 3.24. The molecule has 18 heavy (non-hydrogen) atoms. The summed E-state index contributed by atoms with van der Waals surface area (Å²) >= 11 is 0. The average Bonchev–Trinajstić information content (AvgIpc) is 2.39. The first kappa shape index (κ1) is 13.3. The van der Waals surface area contributed by atoms with E-state index in [2.05, 4.69) is 17.3 Å². The van der Waals surface area contributed by atoms with E-state index < -0.39 is 10.0 Å². The van der Waals surface area contributed by atoms with Crippen LogP contribution in [0.1, 0.15) is 19.8 Å². The highest BCUT2D eigenvalue weighted by Crippen LogP contribution is 2.23. The van der Waals surface area contributed by atoms with Crippen molar-refractivity contribution in [1.29, 1.82) is 0 Å². The molecule has 1 aliphatic heterocycles. The zero-order valence-electron chi connectivity index (χ0n) is 10.3. The van der Waals surface area contributed by atoms with Crippen LogP contribution in [-0.4, -0.2) is 30.8 Å². The molecule has 1 atom stereocenters. The second kappa shape index (κ2) is 5.21. The van der Waals surface area contributed by atoms with Crippen LogP contribution in [0.2, 0.25) is 0 Å². The van der Waals surface area contributed by atoms with Crippen molar-refractivity contribution in [3.05, 3.63) is 18.3 Å². The van der Waals surface area contributed by atoms with Crippen LogP contribution in [0.4, 0.5) is 5.82 Å². The number of pyridine rings is 1. The molecule has 2 heterocycles. The molecule has 0 aliphatic carbocycles. The van der Waals surface area contributed by atoms with Gasteiger partial charge in [-0.3, -0.25) is 0 Å². The molecule has 3 N–H and O–H groups in total. The van der Waals surface area contributed by atoms with E-state index in [0.717, 1.165) is 12.8 Å². The Hall–Kier alpha value is -1.18. The van der Waals surface area contributed by atoms with Gasteiger partial charge in [-0.1, -0.05) is 6.92 Å². The molecule has 2 rings (SSSR count). The summed E-state index contributed by atoms with van der Waals surface area (Å²) in [4.78, 5) is 4.15. The molecule has 1 unspecified atom stereocenters. The first-order valence-electron chi connectivity index (χ1n) is 5.97. The Labute approximate surface area is 107 Å². The summed E-state index contributed by atoms with van der Waals surface area (Å²) < 4.78 is 26.3. The summed E-state index contributed by atoms with van der Waals surface area (Å²) in [5.74, 6) is 6.05. The second-order valence-electron chi connectivity index (χ2n) is 4.63. The highest BCUT2D eigenvalue weighted by Gasteiger charge is 2.28. The third-order valence-corrected chi connectivity index (χ3v) is 4.99. The molecule has 7 heteroatoms. The van der Waals surface area contributed by atoms with Crippen LogP contribution in [0.3, 0.4) is 0 Å². The maximum Gasteiger partial charge on any atom is 0.244 e. The van der Waals surface area contributed by atoms with Gasteiger partial charge in [0.1, 0.15) is 10.7 Å². The normalized spacial score (nSPS) is 21.8. The van der Waals surface area contributed by atoms with Gasteiger partial charge in [-0.05, 0) is 30.9 Å². The first-order valence-corrected chi connectivity index (χ1v) is 7.41. The molecular formula is C11H18N4O2S. The minimum absolute atomic E-state index is 0.218. The number of nitrogen functional groups attached to an aromatic ring is 1. The van der Waals surface area contributed by atoms with Crippen molar-refractivity contribution in [3.8, 4) is 0 Å². The van der Waals surface area contributed by atoms with Gasteiger partial charge in [0.25, 0.3) is 0 Å². The largest absolute Gasteiger partial charge is 0.308 e. The number of hydrogen-bond donors (Lipinski definition) is 2. The number of sulfonamides is 1. The molecule has 0 radical (unpaired) electrons. The van der Waals surface area contributed by atoms with Crippen LogP contribution in [0.5, 0.6) is 0 Å². The van der Waals surface area contributed by atoms with E-state index in [0.29, 0.717) is 24.8 Å². The number of piperidine rings is 1. The zero-order valence-corrected chi connectivity index (χ0v) is 11.2. The topological polar surface area (TPSA) is 88.3 Å². The van der Waals surface area contributed by atoms with E-state index in [1.807, 2.05) is 0 Å².